The van der Waals surface area contributed by atoms with Crippen molar-refractivity contribution in [3.8, 4) is 0 Å². The average Bonchev–Trinajstić information content (AvgIpc) is 3.32. The summed E-state index contributed by atoms with van der Waals surface area (Å²) in [5, 5.41) is 8.74. The van der Waals surface area contributed by atoms with E-state index in [1.165, 1.54) is 6.20 Å². The maximum absolute atomic E-state index is 12.9. The lowest BCUT2D eigenvalue weighted by atomic mass is 9.98. The van der Waals surface area contributed by atoms with E-state index in [0.717, 1.165) is 18.4 Å². The molecule has 2 aliphatic carbocycles. The fraction of sp³-hybridized carbons (Fsp3) is 0.385. The zero-order valence-corrected chi connectivity index (χ0v) is 19.6. The number of fused-ring (bicyclic) bond motifs is 2. The highest BCUT2D eigenvalue weighted by Gasteiger charge is 2.59. The molecular weight excluding hydrogens is 454 g/mol. The van der Waals surface area contributed by atoms with E-state index in [9.17, 15) is 14.4 Å². The van der Waals surface area contributed by atoms with Crippen LogP contribution < -0.4 is 10.7 Å². The smallest absolute Gasteiger partial charge is 0.307 e. The Morgan fingerprint density at radius 2 is 1.85 bits per heavy atom. The van der Waals surface area contributed by atoms with Crippen molar-refractivity contribution in [2.24, 2.45) is 17.8 Å². The third-order valence-electron chi connectivity index (χ3n) is 7.13. The predicted octanol–water partition coefficient (Wildman–Crippen LogP) is 4.00. The molecule has 1 heterocycles. The summed E-state index contributed by atoms with van der Waals surface area (Å²) >= 11 is 5.94. The number of hydrogen-bond acceptors (Lipinski definition) is 5. The third-order valence-corrected chi connectivity index (χ3v) is 7.38. The van der Waals surface area contributed by atoms with Crippen molar-refractivity contribution in [3.63, 3.8) is 0 Å². The molecule has 3 unspecified atom stereocenters. The van der Waals surface area contributed by atoms with Crippen molar-refractivity contribution < 1.29 is 14.3 Å². The topological polar surface area (TPSA) is 90.3 Å². The molecule has 0 saturated heterocycles. The van der Waals surface area contributed by atoms with Crippen LogP contribution in [-0.2, 0) is 9.53 Å². The lowest BCUT2D eigenvalue weighted by molar-refractivity contribution is -0.143. The third kappa shape index (κ3) is 4.32. The number of aromatic nitrogens is 2. The molecule has 2 aromatic carbocycles. The van der Waals surface area contributed by atoms with Gasteiger partial charge in [-0.25, -0.2) is 0 Å². The van der Waals surface area contributed by atoms with Crippen LogP contribution in [0, 0.1) is 17.8 Å². The Bertz CT molecular complexity index is 1280. The fourth-order valence-corrected chi connectivity index (χ4v) is 5.74. The summed E-state index contributed by atoms with van der Waals surface area (Å²) in [6, 6.07) is 14.1. The molecule has 2 fully saturated rings. The number of esters is 1. The first-order chi connectivity index (χ1) is 16.5. The number of nitrogens with zero attached hydrogens (tertiary/aromatic N) is 2. The number of carbonyl (C=O) groups is 2. The summed E-state index contributed by atoms with van der Waals surface area (Å²) in [5.41, 5.74) is 1.27. The van der Waals surface area contributed by atoms with Crippen LogP contribution in [-0.4, -0.2) is 34.3 Å². The van der Waals surface area contributed by atoms with Crippen LogP contribution in [0.15, 0.2) is 59.5 Å². The number of benzene rings is 2. The van der Waals surface area contributed by atoms with Crippen molar-refractivity contribution in [3.05, 3.63) is 75.5 Å². The number of amides is 1. The number of rotatable bonds is 7. The maximum Gasteiger partial charge on any atom is 0.307 e. The number of nitrogens with one attached hydrogen (secondary N) is 1. The van der Waals surface area contributed by atoms with Gasteiger partial charge in [-0.15, -0.1) is 0 Å². The Morgan fingerprint density at radius 1 is 1.15 bits per heavy atom. The Balaban J connectivity index is 1.32. The second kappa shape index (κ2) is 9.22. The largest absolute Gasteiger partial charge is 0.466 e. The number of carbonyl (C=O) groups excluding carboxylic acids is 2. The summed E-state index contributed by atoms with van der Waals surface area (Å²) < 4.78 is 7.14. The molecule has 176 valence electrons. The monoisotopic (exact) mass is 479 g/mol. The average molecular weight is 480 g/mol. The molecular formula is C26H26ClN3O4. The SMILES string of the molecule is CCOC(=O)CC(NC(=O)c1ccc(Cl)cc1)C1[C@H]2CC(n3ncc(=O)c4ccccc43)C[C@@H]12. The lowest BCUT2D eigenvalue weighted by Crippen LogP contribution is -2.40. The number of para-hydroxylation sites is 1. The number of ether oxygens (including phenoxy) is 1. The molecule has 34 heavy (non-hydrogen) atoms. The van der Waals surface area contributed by atoms with Gasteiger partial charge >= 0.3 is 5.97 Å². The van der Waals surface area contributed by atoms with Crippen LogP contribution in [0.5, 0.6) is 0 Å². The van der Waals surface area contributed by atoms with Gasteiger partial charge in [0.25, 0.3) is 5.91 Å². The van der Waals surface area contributed by atoms with Gasteiger partial charge in [0.2, 0.25) is 5.43 Å². The quantitative estimate of drug-likeness (QED) is 0.517. The van der Waals surface area contributed by atoms with E-state index in [-0.39, 0.29) is 41.7 Å². The van der Waals surface area contributed by atoms with E-state index in [1.54, 1.807) is 31.2 Å². The predicted molar refractivity (Wildman–Crippen MR) is 129 cm³/mol. The number of hydrogen-bond donors (Lipinski definition) is 1. The minimum absolute atomic E-state index is 0.0766. The van der Waals surface area contributed by atoms with Gasteiger partial charge < -0.3 is 10.1 Å². The lowest BCUT2D eigenvalue weighted by Gasteiger charge is -2.23. The van der Waals surface area contributed by atoms with Crippen LogP contribution in [0.25, 0.3) is 10.9 Å². The van der Waals surface area contributed by atoms with Gasteiger partial charge in [-0.2, -0.15) is 5.10 Å². The van der Waals surface area contributed by atoms with Gasteiger partial charge in [-0.1, -0.05) is 23.7 Å². The fourth-order valence-electron chi connectivity index (χ4n) is 5.61. The van der Waals surface area contributed by atoms with Gasteiger partial charge in [0.15, 0.2) is 0 Å². The van der Waals surface area contributed by atoms with E-state index >= 15 is 0 Å². The summed E-state index contributed by atoms with van der Waals surface area (Å²) in [4.78, 5) is 37.4. The minimum atomic E-state index is -0.307. The second-order valence-electron chi connectivity index (χ2n) is 9.10. The highest BCUT2D eigenvalue weighted by molar-refractivity contribution is 6.30. The van der Waals surface area contributed by atoms with Crippen LogP contribution in [0.3, 0.4) is 0 Å². The van der Waals surface area contributed by atoms with Crippen LogP contribution in [0.1, 0.15) is 42.6 Å². The van der Waals surface area contributed by atoms with E-state index in [2.05, 4.69) is 10.4 Å². The zero-order valence-electron chi connectivity index (χ0n) is 18.8. The van der Waals surface area contributed by atoms with Gasteiger partial charge in [0.05, 0.1) is 30.8 Å². The molecule has 0 spiro atoms. The first kappa shape index (κ1) is 22.6. The normalized spacial score (nSPS) is 23.8. The van der Waals surface area contributed by atoms with Crippen molar-refractivity contribution in [1.29, 1.82) is 0 Å². The molecule has 7 nitrogen and oxygen atoms in total. The maximum atomic E-state index is 12.9. The van der Waals surface area contributed by atoms with Crippen LogP contribution >= 0.6 is 11.6 Å². The molecule has 3 aromatic rings. The van der Waals surface area contributed by atoms with Gasteiger partial charge in [0, 0.05) is 22.0 Å². The Kier molecular flexibility index (Phi) is 6.13. The summed E-state index contributed by atoms with van der Waals surface area (Å²) in [6.07, 6.45) is 3.32. The summed E-state index contributed by atoms with van der Waals surface area (Å²) in [5.74, 6) is 0.450. The minimum Gasteiger partial charge on any atom is -0.466 e. The first-order valence-electron chi connectivity index (χ1n) is 11.6. The molecule has 2 saturated carbocycles. The van der Waals surface area contributed by atoms with Gasteiger partial charge in [-0.05, 0) is 73.9 Å². The van der Waals surface area contributed by atoms with Crippen LogP contribution in [0.4, 0.5) is 0 Å². The highest BCUT2D eigenvalue weighted by Crippen LogP contribution is 2.62. The molecule has 8 heteroatoms. The Morgan fingerprint density at radius 3 is 2.56 bits per heavy atom. The molecule has 2 aliphatic rings. The van der Waals surface area contributed by atoms with Crippen molar-refractivity contribution in [1.82, 2.24) is 15.1 Å². The van der Waals surface area contributed by atoms with Crippen molar-refractivity contribution in [2.45, 2.75) is 38.3 Å². The Labute approximate surface area is 202 Å². The van der Waals surface area contributed by atoms with Crippen molar-refractivity contribution in [2.75, 3.05) is 6.61 Å². The number of halogens is 1. The molecule has 1 aromatic heterocycles. The highest BCUT2D eigenvalue weighted by atomic mass is 35.5. The summed E-state index contributed by atoms with van der Waals surface area (Å²) in [6.45, 7) is 2.08. The zero-order chi connectivity index (χ0) is 23.8. The molecule has 0 radical (unpaired) electrons. The standard InChI is InChI=1S/C26H26ClN3O4/c1-2-34-24(32)13-21(29-26(33)15-7-9-16(27)10-8-15)25-19-11-17(12-20(19)25)30-22-6-4-3-5-18(22)23(31)14-28-30/h3-10,14,17,19-21,25H,2,11-13H2,1H3,(H,29,33)/t17?,19-,20+,21?,25?. The molecule has 5 rings (SSSR count). The molecule has 1 N–H and O–H groups in total. The van der Waals surface area contributed by atoms with E-state index in [1.807, 2.05) is 28.9 Å². The van der Waals surface area contributed by atoms with Crippen LogP contribution in [0.2, 0.25) is 5.02 Å². The van der Waals surface area contributed by atoms with E-state index in [0.29, 0.717) is 34.4 Å². The molecule has 5 atom stereocenters. The van der Waals surface area contributed by atoms with Gasteiger partial charge in [0.1, 0.15) is 0 Å². The van der Waals surface area contributed by atoms with E-state index < -0.39 is 0 Å². The summed E-state index contributed by atoms with van der Waals surface area (Å²) in [7, 11) is 0. The molecule has 0 aliphatic heterocycles. The van der Waals surface area contributed by atoms with Crippen molar-refractivity contribution >= 4 is 34.4 Å². The van der Waals surface area contributed by atoms with Gasteiger partial charge in [-0.3, -0.25) is 19.1 Å². The first-order valence-corrected chi connectivity index (χ1v) is 12.0. The molecule has 1 amide bonds. The molecule has 0 bridgehead atoms. The Hall–Kier alpha value is -3.19. The van der Waals surface area contributed by atoms with E-state index in [4.69, 9.17) is 16.3 Å². The second-order valence-corrected chi connectivity index (χ2v) is 9.53.